The molecule has 9 heteroatoms. The van der Waals surface area contributed by atoms with Crippen LogP contribution in [-0.2, 0) is 19.0 Å². The van der Waals surface area contributed by atoms with Gasteiger partial charge in [0.15, 0.2) is 6.29 Å². The number of aliphatic hydroxyl groups excluding tert-OH is 4. The second-order valence-electron chi connectivity index (χ2n) is 17.8. The summed E-state index contributed by atoms with van der Waals surface area (Å²) < 4.78 is 18.9. The van der Waals surface area contributed by atoms with Crippen LogP contribution in [0.3, 0.4) is 0 Å². The van der Waals surface area contributed by atoms with Gasteiger partial charge in [-0.2, -0.15) is 0 Å². The van der Waals surface area contributed by atoms with Gasteiger partial charge in [-0.3, -0.25) is 4.79 Å². The second-order valence-corrected chi connectivity index (χ2v) is 17.8. The number of hydrogen-bond acceptors (Lipinski definition) is 8. The van der Waals surface area contributed by atoms with Crippen molar-refractivity contribution in [2.75, 3.05) is 19.8 Å². The number of allylic oxidation sites excluding steroid dienone is 1. The van der Waals surface area contributed by atoms with Crippen LogP contribution in [0.5, 0.6) is 0 Å². The predicted molar refractivity (Wildman–Crippen MR) is 171 cm³/mol. The quantitative estimate of drug-likeness (QED) is 0.209. The Morgan fingerprint density at radius 2 is 1.70 bits per heavy atom. The second kappa shape index (κ2) is 11.5. The summed E-state index contributed by atoms with van der Waals surface area (Å²) in [6, 6.07) is 0. The lowest BCUT2D eigenvalue weighted by atomic mass is 9.34. The van der Waals surface area contributed by atoms with Gasteiger partial charge in [0.1, 0.15) is 24.4 Å². The van der Waals surface area contributed by atoms with Crippen LogP contribution in [0.1, 0.15) is 93.9 Å². The third-order valence-corrected chi connectivity index (χ3v) is 15.5. The number of fused-ring (bicyclic) bond motifs is 3. The van der Waals surface area contributed by atoms with Crippen molar-refractivity contribution in [1.82, 2.24) is 0 Å². The molecule has 0 unspecified atom stereocenters. The number of rotatable bonds is 6. The van der Waals surface area contributed by atoms with Gasteiger partial charge in [-0.15, -0.1) is 0 Å². The van der Waals surface area contributed by atoms with Gasteiger partial charge in [0, 0.05) is 10.8 Å². The zero-order valence-corrected chi connectivity index (χ0v) is 29.2. The summed E-state index contributed by atoms with van der Waals surface area (Å²) in [5.74, 6) is 0.236. The average Bonchev–Trinajstić information content (AvgIpc) is 2.99. The molecule has 9 nitrogen and oxygen atoms in total. The van der Waals surface area contributed by atoms with E-state index in [0.717, 1.165) is 38.5 Å². The minimum atomic E-state index is -1.49. The van der Waals surface area contributed by atoms with Gasteiger partial charge < -0.3 is 39.7 Å². The minimum absolute atomic E-state index is 0.0755. The Bertz CT molecular complexity index is 1220. The van der Waals surface area contributed by atoms with E-state index in [1.165, 1.54) is 5.57 Å². The minimum Gasteiger partial charge on any atom is -0.481 e. The average molecular weight is 649 g/mol. The van der Waals surface area contributed by atoms with E-state index in [-0.39, 0.29) is 45.5 Å². The summed E-state index contributed by atoms with van der Waals surface area (Å²) in [5, 5.41) is 52.3. The molecule has 4 aliphatic carbocycles. The van der Waals surface area contributed by atoms with Crippen LogP contribution in [0, 0.1) is 62.6 Å². The Labute approximate surface area is 275 Å². The first-order valence-electron chi connectivity index (χ1n) is 17.9. The third kappa shape index (κ3) is 4.54. The standard InChI is InChI=1S/C37H60O9/c1-19(2)21(4)33(5)13-14-35(7)22-9-10-25-34(6)17-44-18-37(25,23(22)11-12-36(35,8)29(33)31(42)43)15-20(3)30(34)46-32-28(41)27(40)26(39)24(16-38)45-32/h11,19-22,24-30,32,38-41H,9-10,12-18H2,1-8H3,(H,42,43)/t20-,21-,22+,24-,25+,26-,27+,28-,29-,30+,32+,33-,34+,35-,36+,37+/m1/s1. The molecule has 2 heterocycles. The van der Waals surface area contributed by atoms with Gasteiger partial charge in [0.2, 0.25) is 0 Å². The van der Waals surface area contributed by atoms with Crippen molar-refractivity contribution in [1.29, 1.82) is 0 Å². The maximum absolute atomic E-state index is 13.3. The van der Waals surface area contributed by atoms with Crippen LogP contribution in [0.25, 0.3) is 0 Å². The van der Waals surface area contributed by atoms with Crippen LogP contribution in [-0.4, -0.2) is 88.1 Å². The highest BCUT2D eigenvalue weighted by Gasteiger charge is 2.71. The van der Waals surface area contributed by atoms with Crippen LogP contribution in [0.15, 0.2) is 11.6 Å². The summed E-state index contributed by atoms with van der Waals surface area (Å²) in [6.07, 6.45) is 1.02. The zero-order chi connectivity index (χ0) is 33.8. The third-order valence-electron chi connectivity index (χ3n) is 15.5. The molecular weight excluding hydrogens is 588 g/mol. The van der Waals surface area contributed by atoms with Crippen LogP contribution in [0.2, 0.25) is 0 Å². The maximum atomic E-state index is 13.3. The van der Waals surface area contributed by atoms with E-state index < -0.39 is 54.6 Å². The Kier molecular flexibility index (Phi) is 8.69. The van der Waals surface area contributed by atoms with Crippen LogP contribution in [0.4, 0.5) is 0 Å². The lowest BCUT2D eigenvalue weighted by molar-refractivity contribution is -0.343. The lowest BCUT2D eigenvalue weighted by Crippen LogP contribution is -2.69. The molecule has 6 aliphatic rings. The Morgan fingerprint density at radius 3 is 2.33 bits per heavy atom. The fourth-order valence-corrected chi connectivity index (χ4v) is 12.6. The summed E-state index contributed by atoms with van der Waals surface area (Å²) in [7, 11) is 0. The molecule has 0 radical (unpaired) electrons. The van der Waals surface area contributed by atoms with E-state index in [1.807, 2.05) is 0 Å². The fourth-order valence-electron chi connectivity index (χ4n) is 12.6. The topological polar surface area (TPSA) is 146 Å². The predicted octanol–water partition coefficient (Wildman–Crippen LogP) is 4.40. The van der Waals surface area contributed by atoms with Gasteiger partial charge in [-0.05, 0) is 84.4 Å². The van der Waals surface area contributed by atoms with E-state index in [1.54, 1.807) is 0 Å². The molecule has 2 bridgehead atoms. The first kappa shape index (κ1) is 34.8. The largest absolute Gasteiger partial charge is 0.481 e. The lowest BCUT2D eigenvalue weighted by Gasteiger charge is -2.71. The molecule has 2 aliphatic heterocycles. The van der Waals surface area contributed by atoms with Gasteiger partial charge >= 0.3 is 5.97 Å². The SMILES string of the molecule is CC(C)[C@@H](C)[C@@]1(C)CC[C@]2(C)[C@H]3CC[C@@H]4[C@@]5(COC[C@]4(C)[C@@H](O[C@@H]4O[C@H](CO)[C@@H](O)[C@H](O)[C@H]4O)[C@H](C)C5)C3=CC[C@@]2(C)[C@@H]1C(=O)O. The molecule has 0 aromatic heterocycles. The number of ether oxygens (including phenoxy) is 3. The first-order chi connectivity index (χ1) is 21.4. The number of carboxylic acids is 1. The van der Waals surface area contributed by atoms with Crippen LogP contribution < -0.4 is 0 Å². The number of aliphatic carboxylic acids is 1. The van der Waals surface area contributed by atoms with E-state index in [9.17, 15) is 30.3 Å². The molecule has 2 saturated heterocycles. The molecule has 262 valence electrons. The van der Waals surface area contributed by atoms with E-state index in [4.69, 9.17) is 14.2 Å². The van der Waals surface area contributed by atoms with Crippen molar-refractivity contribution in [2.45, 2.75) is 131 Å². The van der Waals surface area contributed by atoms with Crippen molar-refractivity contribution < 1.29 is 44.5 Å². The van der Waals surface area contributed by atoms with Crippen molar-refractivity contribution in [3.05, 3.63) is 11.6 Å². The van der Waals surface area contributed by atoms with Crippen molar-refractivity contribution in [3.63, 3.8) is 0 Å². The monoisotopic (exact) mass is 648 g/mol. The summed E-state index contributed by atoms with van der Waals surface area (Å²) in [4.78, 5) is 13.3. The van der Waals surface area contributed by atoms with E-state index >= 15 is 0 Å². The van der Waals surface area contributed by atoms with E-state index in [2.05, 4.69) is 61.5 Å². The molecule has 0 aromatic rings. The molecule has 6 rings (SSSR count). The highest BCUT2D eigenvalue weighted by atomic mass is 16.7. The van der Waals surface area contributed by atoms with Crippen molar-refractivity contribution in [3.8, 4) is 0 Å². The number of aliphatic hydroxyl groups is 4. The molecule has 0 aromatic carbocycles. The molecule has 16 atom stereocenters. The molecular formula is C37H60O9. The maximum Gasteiger partial charge on any atom is 0.307 e. The van der Waals surface area contributed by atoms with Gasteiger partial charge in [0.25, 0.3) is 0 Å². The Morgan fingerprint density at radius 1 is 1.00 bits per heavy atom. The highest BCUT2D eigenvalue weighted by molar-refractivity contribution is 5.73. The summed E-state index contributed by atoms with van der Waals surface area (Å²) in [5.41, 5.74) is 0.0775. The Hall–Kier alpha value is -1.07. The van der Waals surface area contributed by atoms with E-state index in [0.29, 0.717) is 25.0 Å². The molecule has 5 fully saturated rings. The van der Waals surface area contributed by atoms with Gasteiger partial charge in [-0.25, -0.2) is 0 Å². The molecule has 5 N–H and O–H groups in total. The van der Waals surface area contributed by atoms with Crippen LogP contribution >= 0.6 is 0 Å². The molecule has 46 heavy (non-hydrogen) atoms. The first-order valence-corrected chi connectivity index (χ1v) is 17.9. The Balaban J connectivity index is 1.35. The fraction of sp³-hybridized carbons (Fsp3) is 0.919. The summed E-state index contributed by atoms with van der Waals surface area (Å²) in [6.45, 7) is 18.7. The number of hydrogen-bond donors (Lipinski definition) is 5. The van der Waals surface area contributed by atoms with Gasteiger partial charge in [0.05, 0.1) is 31.8 Å². The normalized spacial score (nSPS) is 54.2. The summed E-state index contributed by atoms with van der Waals surface area (Å²) >= 11 is 0. The number of carboxylic acid groups (broad SMARTS) is 1. The smallest absolute Gasteiger partial charge is 0.307 e. The molecule has 3 saturated carbocycles. The molecule has 0 amide bonds. The zero-order valence-electron chi connectivity index (χ0n) is 29.2. The number of carbonyl (C=O) groups is 1. The molecule has 0 spiro atoms. The van der Waals surface area contributed by atoms with Gasteiger partial charge in [-0.1, -0.05) is 67.0 Å². The highest BCUT2D eigenvalue weighted by Crippen LogP contribution is 2.75. The van der Waals surface area contributed by atoms with Crippen molar-refractivity contribution >= 4 is 5.97 Å². The van der Waals surface area contributed by atoms with Crippen molar-refractivity contribution in [2.24, 2.45) is 62.6 Å².